The van der Waals surface area contributed by atoms with E-state index in [0.29, 0.717) is 0 Å². The second-order valence-electron chi connectivity index (χ2n) is 5.32. The van der Waals surface area contributed by atoms with E-state index in [9.17, 15) is 38.3 Å². The van der Waals surface area contributed by atoms with Crippen molar-refractivity contribution >= 4 is 29.3 Å². The first-order chi connectivity index (χ1) is 12.7. The fourth-order valence-electron chi connectivity index (χ4n) is 2.14. The molecule has 160 valence electrons. The van der Waals surface area contributed by atoms with Gasteiger partial charge in [0.05, 0.1) is 12.7 Å². The quantitative estimate of drug-likeness (QED) is 0.187. The zero-order valence-electron chi connectivity index (χ0n) is 15.5. The molecule has 21 heteroatoms. The van der Waals surface area contributed by atoms with Crippen LogP contribution in [-0.2, 0) is 31.6 Å². The number of phosphoric ester groups is 1. The van der Waals surface area contributed by atoms with E-state index in [2.05, 4.69) is 18.1 Å². The molecule has 2 heterocycles. The third-order valence-electron chi connectivity index (χ3n) is 3.17. The molecule has 16 nitrogen and oxygen atoms in total. The molecule has 0 aromatic carbocycles. The van der Waals surface area contributed by atoms with Crippen molar-refractivity contribution in [3.8, 4) is 0 Å². The van der Waals surface area contributed by atoms with Crippen LogP contribution in [0.25, 0.3) is 0 Å². The van der Waals surface area contributed by atoms with E-state index in [1.807, 2.05) is 0 Å². The van der Waals surface area contributed by atoms with E-state index in [0.717, 1.165) is 4.57 Å². The van der Waals surface area contributed by atoms with Crippen LogP contribution in [0.3, 0.4) is 0 Å². The summed E-state index contributed by atoms with van der Waals surface area (Å²) in [5.41, 5.74) is 4.56. The topological polar surface area (TPSA) is 256 Å². The van der Waals surface area contributed by atoms with E-state index >= 15 is 0 Å². The second kappa shape index (κ2) is 11.9. The van der Waals surface area contributed by atoms with Crippen molar-refractivity contribution in [1.82, 2.24) is 9.55 Å². The average Bonchev–Trinajstić information content (AvgIpc) is 2.82. The molecule has 1 saturated heterocycles. The molecule has 0 saturated carbocycles. The summed E-state index contributed by atoms with van der Waals surface area (Å²) in [6.07, 6.45) is -2.54. The number of nitrogen functional groups attached to an aromatic ring is 1. The van der Waals surface area contributed by atoms with Crippen molar-refractivity contribution in [2.24, 2.45) is 0 Å². The van der Waals surface area contributed by atoms with E-state index in [4.69, 9.17) is 15.4 Å². The molecular weight excluding hydrogens is 497 g/mol. The number of hydrogen-bond donors (Lipinski definition) is 4. The minimum atomic E-state index is -5.97. The Balaban J connectivity index is 0.00000420. The molecule has 1 aromatic heterocycles. The van der Waals surface area contributed by atoms with Gasteiger partial charge in [0.1, 0.15) is 18.1 Å². The average molecular weight is 511 g/mol. The second-order valence-corrected chi connectivity index (χ2v) is 9.65. The molecule has 6 atom stereocenters. The first-order valence-electron chi connectivity index (χ1n) is 7.10. The standard InChI is InChI=1S/C9H16N3O13P3.2Na/c10-7-1-2-12(9(14)11-7)8-3-5(13)6(23-8)4-22-27(18,19)25-28(20,21)24-26(15,16)17;;/h1-2,5-6,8,13H,3-4H2,(H,18,19)(H,20,21)(H2,10,11,14)(H2,15,16,17);;/q;2*+1/p-2/t5-,6-,8-;;/m1../s1. The first-order valence-corrected chi connectivity index (χ1v) is 11.6. The van der Waals surface area contributed by atoms with Gasteiger partial charge in [-0.15, -0.1) is 0 Å². The predicted molar refractivity (Wildman–Crippen MR) is 82.8 cm³/mol. The fraction of sp³-hybridized carbons (Fsp3) is 0.556. The van der Waals surface area contributed by atoms with Gasteiger partial charge in [0.25, 0.3) is 15.6 Å². The van der Waals surface area contributed by atoms with E-state index in [1.165, 1.54) is 12.3 Å². The summed E-state index contributed by atoms with van der Waals surface area (Å²) in [4.78, 5) is 54.3. The number of rotatable bonds is 8. The Morgan fingerprint density at radius 1 is 1.27 bits per heavy atom. The van der Waals surface area contributed by atoms with Crippen molar-refractivity contribution < 1.29 is 115 Å². The summed E-state index contributed by atoms with van der Waals surface area (Å²) in [7, 11) is -17.2. The number of phosphoric acid groups is 3. The SMILES string of the molecule is Nc1ccn([C@H]2C[C@@H](O)[C@@H](COP(=O)(O)OP(=O)([O-])OP(=O)([O-])O)O2)c(=O)n1.[Na+].[Na+]. The van der Waals surface area contributed by atoms with Crippen LogP contribution < -0.4 is 80.3 Å². The number of anilines is 1. The van der Waals surface area contributed by atoms with Crippen LogP contribution in [0.2, 0.25) is 0 Å². The number of aliphatic hydroxyl groups is 1. The Labute approximate surface area is 212 Å². The van der Waals surface area contributed by atoms with Crippen LogP contribution in [-0.4, -0.2) is 43.3 Å². The maximum Gasteiger partial charge on any atom is 1.00 e. The van der Waals surface area contributed by atoms with Gasteiger partial charge in [-0.2, -0.15) is 4.98 Å². The van der Waals surface area contributed by atoms with Crippen LogP contribution in [0.1, 0.15) is 12.6 Å². The van der Waals surface area contributed by atoms with Crippen LogP contribution in [0.4, 0.5) is 5.82 Å². The van der Waals surface area contributed by atoms with Crippen molar-refractivity contribution in [1.29, 1.82) is 0 Å². The zero-order valence-corrected chi connectivity index (χ0v) is 22.2. The third-order valence-corrected chi connectivity index (χ3v) is 6.90. The predicted octanol–water partition coefficient (Wildman–Crippen LogP) is -8.44. The zero-order chi connectivity index (χ0) is 21.3. The van der Waals surface area contributed by atoms with Crippen molar-refractivity contribution in [3.63, 3.8) is 0 Å². The molecule has 0 radical (unpaired) electrons. The Morgan fingerprint density at radius 2 is 1.87 bits per heavy atom. The number of aromatic nitrogens is 2. The summed E-state index contributed by atoms with van der Waals surface area (Å²) < 4.78 is 50.4. The molecule has 30 heavy (non-hydrogen) atoms. The van der Waals surface area contributed by atoms with Gasteiger partial charge in [0.15, 0.2) is 0 Å². The molecule has 0 spiro atoms. The third kappa shape index (κ3) is 9.87. The molecule has 0 amide bonds. The maximum absolute atomic E-state index is 11.8. The van der Waals surface area contributed by atoms with Crippen LogP contribution in [0.15, 0.2) is 17.1 Å². The Bertz CT molecular complexity index is 925. The molecule has 1 fully saturated rings. The smallest absolute Gasteiger partial charge is 0.756 e. The van der Waals surface area contributed by atoms with Gasteiger partial charge < -0.3 is 35.2 Å². The van der Waals surface area contributed by atoms with E-state index in [-0.39, 0.29) is 71.4 Å². The molecule has 5 N–H and O–H groups in total. The van der Waals surface area contributed by atoms with Gasteiger partial charge in [-0.3, -0.25) is 18.2 Å². The van der Waals surface area contributed by atoms with E-state index in [1.54, 1.807) is 0 Å². The molecule has 2 rings (SSSR count). The van der Waals surface area contributed by atoms with Gasteiger partial charge in [0, 0.05) is 12.6 Å². The molecular formula is C9H14N3Na2O13P3. The summed E-state index contributed by atoms with van der Waals surface area (Å²) in [6.45, 7) is -0.892. The minimum Gasteiger partial charge on any atom is -0.756 e. The van der Waals surface area contributed by atoms with Gasteiger partial charge in [-0.25, -0.2) is 18.0 Å². The van der Waals surface area contributed by atoms with Gasteiger partial charge in [0.2, 0.25) is 0 Å². The van der Waals surface area contributed by atoms with Gasteiger partial charge >= 0.3 is 72.6 Å². The number of hydrogen-bond acceptors (Lipinski definition) is 13. The Morgan fingerprint density at radius 3 is 2.40 bits per heavy atom. The monoisotopic (exact) mass is 511 g/mol. The van der Waals surface area contributed by atoms with Crippen molar-refractivity contribution in [2.45, 2.75) is 24.9 Å². The van der Waals surface area contributed by atoms with Crippen LogP contribution >= 0.6 is 23.5 Å². The Hall–Kier alpha value is 1.01. The maximum atomic E-state index is 11.8. The van der Waals surface area contributed by atoms with Crippen molar-refractivity contribution in [3.05, 3.63) is 22.7 Å². The molecule has 3 unspecified atom stereocenters. The summed E-state index contributed by atoms with van der Waals surface area (Å²) in [5, 5.41) is 9.92. The Kier molecular flexibility index (Phi) is 12.3. The number of nitrogens with zero attached hydrogens (tertiary/aromatic N) is 2. The summed E-state index contributed by atoms with van der Waals surface area (Å²) in [5.74, 6) is -0.0483. The number of aliphatic hydroxyl groups excluding tert-OH is 1. The number of ether oxygens (including phenoxy) is 1. The van der Waals surface area contributed by atoms with E-state index < -0.39 is 54.2 Å². The normalized spacial score (nSPS) is 27.0. The van der Waals surface area contributed by atoms with Gasteiger partial charge in [-0.05, 0) is 6.07 Å². The molecule has 0 bridgehead atoms. The molecule has 0 aliphatic carbocycles. The first kappa shape index (κ1) is 31.0. The summed E-state index contributed by atoms with van der Waals surface area (Å²) >= 11 is 0. The number of nitrogens with two attached hydrogens (primary N) is 1. The van der Waals surface area contributed by atoms with Crippen molar-refractivity contribution in [2.75, 3.05) is 12.3 Å². The molecule has 1 aliphatic rings. The molecule has 1 aromatic rings. The summed E-state index contributed by atoms with van der Waals surface area (Å²) in [6, 6.07) is 1.29. The van der Waals surface area contributed by atoms with Crippen LogP contribution in [0.5, 0.6) is 0 Å². The molecule has 1 aliphatic heterocycles. The van der Waals surface area contributed by atoms with Gasteiger partial charge in [-0.1, -0.05) is 0 Å². The van der Waals surface area contributed by atoms with Crippen LogP contribution in [0, 0.1) is 0 Å². The fourth-order valence-corrected chi connectivity index (χ4v) is 5.07. The largest absolute Gasteiger partial charge is 1.00 e. The minimum absolute atomic E-state index is 0.